The van der Waals surface area contributed by atoms with E-state index in [-0.39, 0.29) is 19.4 Å². The summed E-state index contributed by atoms with van der Waals surface area (Å²) in [5, 5.41) is 71.8. The lowest BCUT2D eigenvalue weighted by atomic mass is 9.98. The van der Waals surface area contributed by atoms with Gasteiger partial charge in [0.25, 0.3) is 0 Å². The van der Waals surface area contributed by atoms with Crippen molar-refractivity contribution in [2.45, 2.75) is 216 Å². The molecule has 0 aliphatic carbocycles. The zero-order valence-corrected chi connectivity index (χ0v) is 38.0. The van der Waals surface area contributed by atoms with E-state index >= 15 is 0 Å². The van der Waals surface area contributed by atoms with Crippen molar-refractivity contribution < 1.29 is 73.8 Å². The number of unbranched alkanes of at least 4 members (excludes halogenated alkanes) is 13. The van der Waals surface area contributed by atoms with E-state index in [1.807, 2.05) is 0 Å². The van der Waals surface area contributed by atoms with Gasteiger partial charge in [-0.3, -0.25) is 9.59 Å². The monoisotopic (exact) mass is 899 g/mol. The highest BCUT2D eigenvalue weighted by atomic mass is 16.7. The first-order valence-electron chi connectivity index (χ1n) is 23.7. The third kappa shape index (κ3) is 24.5. The number of hydrogen-bond donors (Lipinski definition) is 7. The van der Waals surface area contributed by atoms with Gasteiger partial charge >= 0.3 is 11.9 Å². The van der Waals surface area contributed by atoms with Gasteiger partial charge < -0.3 is 64.2 Å². The van der Waals surface area contributed by atoms with Gasteiger partial charge in [-0.05, 0) is 57.8 Å². The Morgan fingerprint density at radius 3 is 1.52 bits per heavy atom. The number of esters is 2. The summed E-state index contributed by atoms with van der Waals surface area (Å²) in [6, 6.07) is 0. The van der Waals surface area contributed by atoms with Crippen LogP contribution in [0.15, 0.2) is 48.6 Å². The van der Waals surface area contributed by atoms with Crippen LogP contribution in [0.2, 0.25) is 0 Å². The smallest absolute Gasteiger partial charge is 0.306 e. The van der Waals surface area contributed by atoms with Crippen molar-refractivity contribution in [3.05, 3.63) is 48.6 Å². The highest BCUT2D eigenvalue weighted by Gasteiger charge is 2.47. The molecule has 11 atom stereocenters. The van der Waals surface area contributed by atoms with Crippen LogP contribution in [0.4, 0.5) is 0 Å². The Bertz CT molecular complexity index is 1290. The Balaban J connectivity index is 1.83. The summed E-state index contributed by atoms with van der Waals surface area (Å²) in [6.45, 7) is 2.46. The van der Waals surface area contributed by atoms with E-state index in [1.165, 1.54) is 44.9 Å². The van der Waals surface area contributed by atoms with Crippen molar-refractivity contribution in [2.75, 3.05) is 26.4 Å². The normalized spacial score (nSPS) is 27.3. The number of aliphatic hydroxyl groups excluding tert-OH is 7. The molecule has 2 fully saturated rings. The molecule has 0 aromatic rings. The molecule has 15 nitrogen and oxygen atoms in total. The lowest BCUT2D eigenvalue weighted by molar-refractivity contribution is -0.332. The predicted molar refractivity (Wildman–Crippen MR) is 238 cm³/mol. The number of aliphatic hydroxyl groups is 7. The maximum absolute atomic E-state index is 12.9. The number of hydrogen-bond acceptors (Lipinski definition) is 15. The Kier molecular flexibility index (Phi) is 32.1. The van der Waals surface area contributed by atoms with Gasteiger partial charge in [-0.2, -0.15) is 0 Å². The summed E-state index contributed by atoms with van der Waals surface area (Å²) in [4.78, 5) is 25.6. The van der Waals surface area contributed by atoms with Crippen LogP contribution in [0.3, 0.4) is 0 Å². The summed E-state index contributed by atoms with van der Waals surface area (Å²) in [5.74, 6) is -0.969. The van der Waals surface area contributed by atoms with Gasteiger partial charge in [0, 0.05) is 12.8 Å². The van der Waals surface area contributed by atoms with Crippen LogP contribution in [-0.4, -0.2) is 142 Å². The minimum atomic E-state index is -1.77. The van der Waals surface area contributed by atoms with Gasteiger partial charge in [0.05, 0.1) is 19.8 Å². The average Bonchev–Trinajstić information content (AvgIpc) is 3.28. The van der Waals surface area contributed by atoms with Crippen LogP contribution in [-0.2, 0) is 38.0 Å². The maximum atomic E-state index is 12.9. The molecule has 4 unspecified atom stereocenters. The average molecular weight is 899 g/mol. The minimum Gasteiger partial charge on any atom is -0.462 e. The van der Waals surface area contributed by atoms with Gasteiger partial charge in [0.15, 0.2) is 18.7 Å². The molecule has 364 valence electrons. The lowest BCUT2D eigenvalue weighted by Crippen LogP contribution is -2.61. The SMILES string of the molecule is CCCCC/C=C/C/C=C/C/C=C/C/C=C/CCCCCC(=O)O[C@H](COC(=O)CCCCCCCCCC)CO[C@H]1O[C@@H](CO[C@H]2O[C@@H](CO)[C@@H](O)C(O)C2O)[C@@H](O)C(O)C1O. The fourth-order valence-electron chi connectivity index (χ4n) is 7.08. The lowest BCUT2D eigenvalue weighted by Gasteiger charge is -2.42. The highest BCUT2D eigenvalue weighted by Crippen LogP contribution is 2.26. The van der Waals surface area contributed by atoms with Crippen molar-refractivity contribution in [1.82, 2.24) is 0 Å². The first kappa shape index (κ1) is 56.6. The minimum absolute atomic E-state index is 0.127. The summed E-state index contributed by atoms with van der Waals surface area (Å²) in [7, 11) is 0. The molecule has 0 spiro atoms. The second-order valence-corrected chi connectivity index (χ2v) is 16.6. The molecule has 7 N–H and O–H groups in total. The molecular weight excluding hydrogens is 817 g/mol. The molecule has 2 saturated heterocycles. The van der Waals surface area contributed by atoms with Crippen LogP contribution in [0.1, 0.15) is 149 Å². The zero-order chi connectivity index (χ0) is 46.1. The Hall–Kier alpha value is -2.54. The molecule has 15 heteroatoms. The van der Waals surface area contributed by atoms with E-state index in [9.17, 15) is 45.3 Å². The first-order valence-corrected chi connectivity index (χ1v) is 23.7. The van der Waals surface area contributed by atoms with Crippen molar-refractivity contribution in [3.8, 4) is 0 Å². The van der Waals surface area contributed by atoms with E-state index in [1.54, 1.807) is 0 Å². The van der Waals surface area contributed by atoms with Crippen LogP contribution >= 0.6 is 0 Å². The molecule has 63 heavy (non-hydrogen) atoms. The molecule has 2 aliphatic heterocycles. The molecule has 0 saturated carbocycles. The molecule has 0 aromatic carbocycles. The quantitative estimate of drug-likeness (QED) is 0.0235. The molecule has 2 aliphatic rings. The summed E-state index contributed by atoms with van der Waals surface area (Å²) in [6.07, 6.45) is 20.2. The third-order valence-electron chi connectivity index (χ3n) is 11.1. The summed E-state index contributed by atoms with van der Waals surface area (Å²) < 4.78 is 33.4. The van der Waals surface area contributed by atoms with Crippen molar-refractivity contribution in [2.24, 2.45) is 0 Å². The largest absolute Gasteiger partial charge is 0.462 e. The maximum Gasteiger partial charge on any atom is 0.306 e. The van der Waals surface area contributed by atoms with Gasteiger partial charge in [-0.1, -0.05) is 127 Å². The molecule has 0 amide bonds. The Labute approximate surface area is 376 Å². The van der Waals surface area contributed by atoms with Crippen molar-refractivity contribution >= 4 is 11.9 Å². The fraction of sp³-hybridized carbons (Fsp3) is 0.792. The Morgan fingerprint density at radius 2 is 0.952 bits per heavy atom. The summed E-state index contributed by atoms with van der Waals surface area (Å²) >= 11 is 0. The Morgan fingerprint density at radius 1 is 0.508 bits per heavy atom. The second-order valence-electron chi connectivity index (χ2n) is 16.6. The number of carbonyl (C=O) groups is 2. The first-order chi connectivity index (χ1) is 30.5. The van der Waals surface area contributed by atoms with E-state index in [2.05, 4.69) is 62.5 Å². The van der Waals surface area contributed by atoms with Gasteiger partial charge in [-0.15, -0.1) is 0 Å². The predicted octanol–water partition coefficient (Wildman–Crippen LogP) is 5.54. The number of carbonyl (C=O) groups excluding carboxylic acids is 2. The zero-order valence-electron chi connectivity index (χ0n) is 38.0. The molecule has 2 rings (SSSR count). The van der Waals surface area contributed by atoms with E-state index in [0.29, 0.717) is 12.8 Å². The number of ether oxygens (including phenoxy) is 6. The van der Waals surface area contributed by atoms with Crippen molar-refractivity contribution in [3.63, 3.8) is 0 Å². The molecule has 2 heterocycles. The summed E-state index contributed by atoms with van der Waals surface area (Å²) in [5.41, 5.74) is 0. The van der Waals surface area contributed by atoms with Crippen LogP contribution < -0.4 is 0 Å². The van der Waals surface area contributed by atoms with Crippen LogP contribution in [0.25, 0.3) is 0 Å². The van der Waals surface area contributed by atoms with E-state index < -0.39 is 99.3 Å². The molecule has 0 aromatic heterocycles. The molecular formula is C48H82O15. The molecule has 0 bridgehead atoms. The third-order valence-corrected chi connectivity index (χ3v) is 11.1. The standard InChI is InChI=1S/C48H82O15/c1-3-5-7-9-11-13-14-15-16-17-18-19-20-21-22-23-25-27-29-31-40(51)61-36(33-58-39(50)30-28-26-24-12-10-8-6-4-2)34-59-47-46(57)44(55)42(53)38(63-47)35-60-48-45(56)43(54)41(52)37(32-49)62-48/h11,13,15-16,18-19,21-22,36-38,41-49,52-57H,3-10,12,14,17,20,23-35H2,1-2H3/b13-11+,16-15+,19-18+,22-21+/t36-,37+,38+,41-,42-,43?,44?,45?,46?,47+,48+/m1/s1. The van der Waals surface area contributed by atoms with Gasteiger partial charge in [-0.25, -0.2) is 0 Å². The fourth-order valence-corrected chi connectivity index (χ4v) is 7.08. The second kappa shape index (κ2) is 35.7. The van der Waals surface area contributed by atoms with E-state index in [4.69, 9.17) is 28.4 Å². The number of allylic oxidation sites excluding steroid dienone is 8. The van der Waals surface area contributed by atoms with E-state index in [0.717, 1.165) is 64.2 Å². The molecule has 0 radical (unpaired) electrons. The van der Waals surface area contributed by atoms with Crippen molar-refractivity contribution in [1.29, 1.82) is 0 Å². The number of rotatable bonds is 35. The van der Waals surface area contributed by atoms with Gasteiger partial charge in [0.1, 0.15) is 55.4 Å². The highest BCUT2D eigenvalue weighted by molar-refractivity contribution is 5.70. The van der Waals surface area contributed by atoms with Crippen LogP contribution in [0.5, 0.6) is 0 Å². The van der Waals surface area contributed by atoms with Crippen LogP contribution in [0, 0.1) is 0 Å². The van der Waals surface area contributed by atoms with Gasteiger partial charge in [0.2, 0.25) is 0 Å². The topological polar surface area (TPSA) is 231 Å².